The van der Waals surface area contributed by atoms with Crippen molar-refractivity contribution in [1.29, 1.82) is 5.26 Å². The third-order valence-electron chi connectivity index (χ3n) is 4.46. The van der Waals surface area contributed by atoms with Crippen LogP contribution in [-0.4, -0.2) is 67.7 Å². The van der Waals surface area contributed by atoms with Gasteiger partial charge in [-0.3, -0.25) is 4.79 Å². The first-order valence-electron chi connectivity index (χ1n) is 7.90. The minimum atomic E-state index is -0.0673. The minimum absolute atomic E-state index is 0.0489. The number of hydrogen-bond donors (Lipinski definition) is 0. The van der Waals surface area contributed by atoms with Crippen LogP contribution < -0.4 is 4.74 Å². The summed E-state index contributed by atoms with van der Waals surface area (Å²) in [5, 5.41) is 8.70. The van der Waals surface area contributed by atoms with Crippen molar-refractivity contribution in [2.24, 2.45) is 0 Å². The number of ether oxygens (including phenoxy) is 2. The number of likely N-dealkylation sites (N-methyl/N-ethyl adjacent to an activating group) is 1. The molecule has 2 saturated heterocycles. The molecular weight excluding hydrogens is 294 g/mol. The Labute approximate surface area is 136 Å². The van der Waals surface area contributed by atoms with Crippen molar-refractivity contribution in [3.05, 3.63) is 29.8 Å². The van der Waals surface area contributed by atoms with Crippen LogP contribution in [0.3, 0.4) is 0 Å². The Balaban J connectivity index is 1.83. The number of carbonyl (C=O) groups is 1. The average molecular weight is 315 g/mol. The molecule has 2 aliphatic rings. The van der Waals surface area contributed by atoms with E-state index in [0.717, 1.165) is 19.5 Å². The van der Waals surface area contributed by atoms with Crippen LogP contribution in [0.5, 0.6) is 5.75 Å². The number of piperidine rings is 1. The Kier molecular flexibility index (Phi) is 4.79. The Bertz CT molecular complexity index is 613. The lowest BCUT2D eigenvalue weighted by Gasteiger charge is -2.46. The molecule has 0 aliphatic carbocycles. The van der Waals surface area contributed by atoms with E-state index in [9.17, 15) is 4.79 Å². The monoisotopic (exact) mass is 315 g/mol. The fourth-order valence-corrected chi connectivity index (χ4v) is 3.32. The molecule has 6 heteroatoms. The molecular formula is C17H21N3O3. The average Bonchev–Trinajstić information content (AvgIpc) is 2.59. The van der Waals surface area contributed by atoms with Crippen LogP contribution in [0.15, 0.2) is 24.3 Å². The molecule has 23 heavy (non-hydrogen) atoms. The van der Waals surface area contributed by atoms with Gasteiger partial charge in [-0.1, -0.05) is 12.1 Å². The number of nitrogens with zero attached hydrogens (tertiary/aromatic N) is 3. The fourth-order valence-electron chi connectivity index (χ4n) is 3.32. The summed E-state index contributed by atoms with van der Waals surface area (Å²) in [7, 11) is 2.07. The van der Waals surface area contributed by atoms with E-state index in [4.69, 9.17) is 14.7 Å². The lowest BCUT2D eigenvalue weighted by Crippen LogP contribution is -2.60. The maximum atomic E-state index is 13.0. The molecule has 1 aromatic carbocycles. The first kappa shape index (κ1) is 15.8. The molecule has 6 nitrogen and oxygen atoms in total. The third kappa shape index (κ3) is 3.31. The largest absolute Gasteiger partial charge is 0.478 e. The molecule has 2 heterocycles. The quantitative estimate of drug-likeness (QED) is 0.837. The normalized spacial score (nSPS) is 24.6. The van der Waals surface area contributed by atoms with E-state index in [0.29, 0.717) is 24.5 Å². The van der Waals surface area contributed by atoms with Crippen LogP contribution >= 0.6 is 0 Å². The second kappa shape index (κ2) is 6.99. The molecule has 0 radical (unpaired) electrons. The molecule has 0 unspecified atom stereocenters. The van der Waals surface area contributed by atoms with Gasteiger partial charge >= 0.3 is 0 Å². The first-order valence-corrected chi connectivity index (χ1v) is 7.90. The van der Waals surface area contributed by atoms with Crippen LogP contribution in [0.4, 0.5) is 0 Å². The Morgan fingerprint density at radius 3 is 3.09 bits per heavy atom. The highest BCUT2D eigenvalue weighted by Crippen LogP contribution is 2.27. The highest BCUT2D eigenvalue weighted by molar-refractivity contribution is 5.97. The summed E-state index contributed by atoms with van der Waals surface area (Å²) in [5.41, 5.74) is 0.511. The molecule has 3 rings (SSSR count). The van der Waals surface area contributed by atoms with Crippen molar-refractivity contribution in [2.45, 2.75) is 18.6 Å². The van der Waals surface area contributed by atoms with Gasteiger partial charge in [0.2, 0.25) is 0 Å². The lowest BCUT2D eigenvalue weighted by atomic mass is 9.98. The van der Waals surface area contributed by atoms with Crippen LogP contribution in [0, 0.1) is 11.3 Å². The van der Waals surface area contributed by atoms with Crippen molar-refractivity contribution in [1.82, 2.24) is 9.80 Å². The number of carbonyl (C=O) groups excluding carboxylic acids is 1. The zero-order valence-corrected chi connectivity index (χ0v) is 13.3. The number of amides is 1. The summed E-state index contributed by atoms with van der Waals surface area (Å²) in [6, 6.07) is 9.12. The van der Waals surface area contributed by atoms with E-state index in [1.807, 2.05) is 17.0 Å². The van der Waals surface area contributed by atoms with Crippen molar-refractivity contribution in [3.63, 3.8) is 0 Å². The Morgan fingerprint density at radius 1 is 1.43 bits per heavy atom. The summed E-state index contributed by atoms with van der Waals surface area (Å²) in [5.74, 6) is 0.415. The smallest absolute Gasteiger partial charge is 0.258 e. The van der Waals surface area contributed by atoms with Crippen LogP contribution in [0.25, 0.3) is 0 Å². The van der Waals surface area contributed by atoms with Crippen molar-refractivity contribution < 1.29 is 14.3 Å². The molecule has 2 atom stereocenters. The third-order valence-corrected chi connectivity index (χ3v) is 4.46. The molecule has 0 aromatic heterocycles. The van der Waals surface area contributed by atoms with E-state index in [1.165, 1.54) is 0 Å². The first-order chi connectivity index (χ1) is 11.2. The van der Waals surface area contributed by atoms with Gasteiger partial charge in [0.15, 0.2) is 6.61 Å². The highest BCUT2D eigenvalue weighted by atomic mass is 16.5. The van der Waals surface area contributed by atoms with Gasteiger partial charge < -0.3 is 19.3 Å². The zero-order chi connectivity index (χ0) is 16.2. The number of nitriles is 1. The van der Waals surface area contributed by atoms with Crippen LogP contribution in [-0.2, 0) is 4.74 Å². The maximum absolute atomic E-state index is 13.0. The molecule has 0 saturated carbocycles. The van der Waals surface area contributed by atoms with Crippen molar-refractivity contribution >= 4 is 5.91 Å². The lowest BCUT2D eigenvalue weighted by molar-refractivity contribution is -0.0870. The molecule has 2 aliphatic heterocycles. The standard InChI is InChI=1S/C17H21N3O3/c1-19-8-6-16-14(12-19)20(9-11-23-16)17(21)13-4-2-3-5-15(13)22-10-7-18/h2-5,14,16H,6,8-12H2,1H3/t14-,16-/m0/s1. The maximum Gasteiger partial charge on any atom is 0.258 e. The number of rotatable bonds is 3. The van der Waals surface area contributed by atoms with E-state index in [1.54, 1.807) is 18.2 Å². The fraction of sp³-hybridized carbons (Fsp3) is 0.529. The van der Waals surface area contributed by atoms with Gasteiger partial charge in [-0.05, 0) is 25.6 Å². The number of morpholine rings is 1. The SMILES string of the molecule is CN1CC[C@@H]2OCCN(C(=O)c3ccccc3OCC#N)[C@H]2C1. The molecule has 1 amide bonds. The second-order valence-corrected chi connectivity index (χ2v) is 5.97. The van der Waals surface area contributed by atoms with E-state index in [-0.39, 0.29) is 24.7 Å². The molecule has 0 N–H and O–H groups in total. The number of para-hydroxylation sites is 1. The van der Waals surface area contributed by atoms with Crippen molar-refractivity contribution in [3.8, 4) is 11.8 Å². The predicted molar refractivity (Wildman–Crippen MR) is 84.2 cm³/mol. The van der Waals surface area contributed by atoms with Crippen LogP contribution in [0.1, 0.15) is 16.8 Å². The van der Waals surface area contributed by atoms with E-state index in [2.05, 4.69) is 11.9 Å². The summed E-state index contributed by atoms with van der Waals surface area (Å²) in [4.78, 5) is 17.2. The molecule has 0 spiro atoms. The van der Waals surface area contributed by atoms with Crippen LogP contribution in [0.2, 0.25) is 0 Å². The number of hydrogen-bond acceptors (Lipinski definition) is 5. The van der Waals surface area contributed by atoms with Gasteiger partial charge in [0.1, 0.15) is 11.8 Å². The summed E-state index contributed by atoms with van der Waals surface area (Å²) >= 11 is 0. The van der Waals surface area contributed by atoms with E-state index < -0.39 is 0 Å². The summed E-state index contributed by atoms with van der Waals surface area (Å²) in [6.07, 6.45) is 1.05. The van der Waals surface area contributed by atoms with E-state index >= 15 is 0 Å². The van der Waals surface area contributed by atoms with Crippen molar-refractivity contribution in [2.75, 3.05) is 39.9 Å². The second-order valence-electron chi connectivity index (χ2n) is 5.97. The summed E-state index contributed by atoms with van der Waals surface area (Å²) in [6.45, 7) is 2.89. The topological polar surface area (TPSA) is 65.8 Å². The van der Waals surface area contributed by atoms with Gasteiger partial charge in [-0.25, -0.2) is 0 Å². The van der Waals surface area contributed by atoms with Gasteiger partial charge in [0.05, 0.1) is 24.3 Å². The predicted octanol–water partition coefficient (Wildman–Crippen LogP) is 1.13. The number of fused-ring (bicyclic) bond motifs is 1. The number of likely N-dealkylation sites (tertiary alicyclic amines) is 1. The van der Waals surface area contributed by atoms with Gasteiger partial charge in [-0.2, -0.15) is 5.26 Å². The molecule has 0 bridgehead atoms. The molecule has 2 fully saturated rings. The summed E-state index contributed by atoms with van der Waals surface area (Å²) < 4.78 is 11.3. The zero-order valence-electron chi connectivity index (χ0n) is 13.3. The minimum Gasteiger partial charge on any atom is -0.478 e. The van der Waals surface area contributed by atoms with Gasteiger partial charge in [0.25, 0.3) is 5.91 Å². The van der Waals surface area contributed by atoms with Gasteiger partial charge in [-0.15, -0.1) is 0 Å². The Morgan fingerprint density at radius 2 is 2.26 bits per heavy atom. The highest BCUT2D eigenvalue weighted by Gasteiger charge is 2.39. The Hall–Kier alpha value is -2.10. The van der Waals surface area contributed by atoms with Gasteiger partial charge in [0, 0.05) is 19.6 Å². The molecule has 1 aromatic rings. The molecule has 122 valence electrons. The number of benzene rings is 1.